The molecular formula is C22H19BrN2O3. The van der Waals surface area contributed by atoms with Crippen LogP contribution in [-0.4, -0.2) is 19.2 Å². The Morgan fingerprint density at radius 3 is 2.57 bits per heavy atom. The summed E-state index contributed by atoms with van der Waals surface area (Å²) in [4.78, 5) is 12.5. The lowest BCUT2D eigenvalue weighted by Crippen LogP contribution is -2.18. The fourth-order valence-corrected chi connectivity index (χ4v) is 3.01. The first-order valence-electron chi connectivity index (χ1n) is 8.60. The lowest BCUT2D eigenvalue weighted by atomic mass is 10.2. The fraction of sp³-hybridized carbons (Fsp3) is 0.0909. The number of carbonyl (C=O) groups is 1. The van der Waals surface area contributed by atoms with Crippen molar-refractivity contribution >= 4 is 28.1 Å². The van der Waals surface area contributed by atoms with Crippen molar-refractivity contribution in [1.82, 2.24) is 5.43 Å². The Balaban J connectivity index is 1.67. The molecule has 0 saturated heterocycles. The number of rotatable bonds is 7. The van der Waals surface area contributed by atoms with E-state index < -0.39 is 0 Å². The van der Waals surface area contributed by atoms with Crippen LogP contribution < -0.4 is 14.9 Å². The van der Waals surface area contributed by atoms with Crippen molar-refractivity contribution in [3.8, 4) is 11.5 Å². The molecule has 0 atom stereocenters. The molecule has 0 spiro atoms. The van der Waals surface area contributed by atoms with Gasteiger partial charge in [-0.1, -0.05) is 52.3 Å². The van der Waals surface area contributed by atoms with Crippen LogP contribution in [0.4, 0.5) is 0 Å². The van der Waals surface area contributed by atoms with Crippen LogP contribution in [0.3, 0.4) is 0 Å². The number of amides is 1. The SMILES string of the molecule is COc1ccccc1C=NNC(=O)c1ccccc1OCc1cccc(Br)c1. The maximum absolute atomic E-state index is 12.5. The number of carbonyl (C=O) groups excluding carboxylic acids is 1. The molecule has 3 aromatic carbocycles. The van der Waals surface area contributed by atoms with E-state index in [0.717, 1.165) is 15.6 Å². The monoisotopic (exact) mass is 438 g/mol. The molecule has 3 rings (SSSR count). The average Bonchev–Trinajstić information content (AvgIpc) is 2.73. The number of nitrogens with one attached hydrogen (secondary N) is 1. The highest BCUT2D eigenvalue weighted by molar-refractivity contribution is 9.10. The maximum atomic E-state index is 12.5. The van der Waals surface area contributed by atoms with Crippen molar-refractivity contribution in [1.29, 1.82) is 0 Å². The second kappa shape index (κ2) is 9.71. The third-order valence-corrected chi connectivity index (χ3v) is 4.42. The summed E-state index contributed by atoms with van der Waals surface area (Å²) in [6.45, 7) is 0.355. The van der Waals surface area contributed by atoms with Gasteiger partial charge >= 0.3 is 0 Å². The van der Waals surface area contributed by atoms with Crippen molar-refractivity contribution in [2.24, 2.45) is 5.10 Å². The Bertz CT molecular complexity index is 989. The van der Waals surface area contributed by atoms with E-state index in [1.165, 1.54) is 0 Å². The van der Waals surface area contributed by atoms with Crippen LogP contribution >= 0.6 is 15.9 Å². The predicted octanol–water partition coefficient (Wildman–Crippen LogP) is 4.80. The average molecular weight is 439 g/mol. The second-order valence-corrected chi connectivity index (χ2v) is 6.77. The highest BCUT2D eigenvalue weighted by atomic mass is 79.9. The van der Waals surface area contributed by atoms with E-state index in [1.54, 1.807) is 31.5 Å². The third kappa shape index (κ3) is 5.20. The van der Waals surface area contributed by atoms with E-state index in [0.29, 0.717) is 23.7 Å². The molecule has 1 amide bonds. The number of ether oxygens (including phenoxy) is 2. The molecule has 0 aliphatic carbocycles. The Morgan fingerprint density at radius 2 is 1.79 bits per heavy atom. The van der Waals surface area contributed by atoms with Gasteiger partial charge in [0.15, 0.2) is 0 Å². The molecule has 3 aromatic rings. The molecule has 28 heavy (non-hydrogen) atoms. The lowest BCUT2D eigenvalue weighted by Gasteiger charge is -2.10. The van der Waals surface area contributed by atoms with Crippen LogP contribution in [0.25, 0.3) is 0 Å². The molecule has 0 radical (unpaired) electrons. The second-order valence-electron chi connectivity index (χ2n) is 5.86. The van der Waals surface area contributed by atoms with Crippen LogP contribution in [0.2, 0.25) is 0 Å². The molecule has 0 saturated carbocycles. The highest BCUT2D eigenvalue weighted by Crippen LogP contribution is 2.20. The fourth-order valence-electron chi connectivity index (χ4n) is 2.56. The smallest absolute Gasteiger partial charge is 0.275 e. The summed E-state index contributed by atoms with van der Waals surface area (Å²) in [5, 5.41) is 4.03. The van der Waals surface area contributed by atoms with E-state index in [9.17, 15) is 4.79 Å². The minimum Gasteiger partial charge on any atom is -0.496 e. The van der Waals surface area contributed by atoms with Gasteiger partial charge in [-0.05, 0) is 42.0 Å². The highest BCUT2D eigenvalue weighted by Gasteiger charge is 2.11. The van der Waals surface area contributed by atoms with Gasteiger partial charge in [-0.2, -0.15) is 5.10 Å². The number of hydrogen-bond donors (Lipinski definition) is 1. The van der Waals surface area contributed by atoms with Crippen molar-refractivity contribution in [2.75, 3.05) is 7.11 Å². The van der Waals surface area contributed by atoms with Crippen molar-refractivity contribution < 1.29 is 14.3 Å². The molecule has 6 heteroatoms. The number of benzene rings is 3. The number of nitrogens with zero attached hydrogens (tertiary/aromatic N) is 1. The number of para-hydroxylation sites is 2. The van der Waals surface area contributed by atoms with E-state index in [1.807, 2.05) is 54.6 Å². The van der Waals surface area contributed by atoms with E-state index >= 15 is 0 Å². The van der Waals surface area contributed by atoms with Gasteiger partial charge in [-0.15, -0.1) is 0 Å². The van der Waals surface area contributed by atoms with Crippen molar-refractivity contribution in [2.45, 2.75) is 6.61 Å². The minimum absolute atomic E-state index is 0.351. The standard InChI is InChI=1S/C22H19BrN2O3/c1-27-20-11-4-2-8-17(20)14-24-25-22(26)19-10-3-5-12-21(19)28-15-16-7-6-9-18(23)13-16/h2-14H,15H2,1H3,(H,25,26). The van der Waals surface area contributed by atoms with Gasteiger partial charge in [0, 0.05) is 10.0 Å². The summed E-state index contributed by atoms with van der Waals surface area (Å²) in [6.07, 6.45) is 1.54. The Morgan fingerprint density at radius 1 is 1.04 bits per heavy atom. The van der Waals surface area contributed by atoms with Gasteiger partial charge in [-0.3, -0.25) is 4.79 Å². The first-order chi connectivity index (χ1) is 13.7. The third-order valence-electron chi connectivity index (χ3n) is 3.92. The van der Waals surface area contributed by atoms with Crippen LogP contribution in [-0.2, 0) is 6.61 Å². The summed E-state index contributed by atoms with van der Waals surface area (Å²) in [6, 6.07) is 22.3. The minimum atomic E-state index is -0.351. The first kappa shape index (κ1) is 19.6. The number of hydrogen-bond acceptors (Lipinski definition) is 4. The Hall–Kier alpha value is -3.12. The topological polar surface area (TPSA) is 59.9 Å². The summed E-state index contributed by atoms with van der Waals surface area (Å²) in [5.74, 6) is 0.821. The quantitative estimate of drug-likeness (QED) is 0.425. The number of hydrazone groups is 1. The normalized spacial score (nSPS) is 10.6. The zero-order valence-corrected chi connectivity index (χ0v) is 16.8. The molecular weight excluding hydrogens is 420 g/mol. The molecule has 142 valence electrons. The predicted molar refractivity (Wildman–Crippen MR) is 113 cm³/mol. The molecule has 0 heterocycles. The largest absolute Gasteiger partial charge is 0.496 e. The summed E-state index contributed by atoms with van der Waals surface area (Å²) in [5.41, 5.74) is 4.71. The van der Waals surface area contributed by atoms with Gasteiger partial charge in [0.1, 0.15) is 18.1 Å². The van der Waals surface area contributed by atoms with Gasteiger partial charge in [-0.25, -0.2) is 5.43 Å². The zero-order chi connectivity index (χ0) is 19.8. The molecule has 0 aliphatic heterocycles. The molecule has 0 aliphatic rings. The summed E-state index contributed by atoms with van der Waals surface area (Å²) >= 11 is 3.44. The van der Waals surface area contributed by atoms with Crippen LogP contribution in [0.1, 0.15) is 21.5 Å². The molecule has 0 aromatic heterocycles. The van der Waals surface area contributed by atoms with Crippen molar-refractivity contribution in [3.05, 3.63) is 94.0 Å². The van der Waals surface area contributed by atoms with Crippen LogP contribution in [0.15, 0.2) is 82.4 Å². The van der Waals surface area contributed by atoms with Crippen molar-refractivity contribution in [3.63, 3.8) is 0 Å². The van der Waals surface area contributed by atoms with Crippen LogP contribution in [0.5, 0.6) is 11.5 Å². The summed E-state index contributed by atoms with van der Waals surface area (Å²) in [7, 11) is 1.59. The van der Waals surface area contributed by atoms with Crippen LogP contribution in [0, 0.1) is 0 Å². The van der Waals surface area contributed by atoms with Gasteiger partial charge < -0.3 is 9.47 Å². The van der Waals surface area contributed by atoms with E-state index in [4.69, 9.17) is 9.47 Å². The molecule has 0 unspecified atom stereocenters. The van der Waals surface area contributed by atoms with Gasteiger partial charge in [0.2, 0.25) is 0 Å². The van der Waals surface area contributed by atoms with E-state index in [-0.39, 0.29) is 5.91 Å². The number of halogens is 1. The Kier molecular flexibility index (Phi) is 6.81. The van der Waals surface area contributed by atoms with Gasteiger partial charge in [0.05, 0.1) is 18.9 Å². The lowest BCUT2D eigenvalue weighted by molar-refractivity contribution is 0.0950. The molecule has 1 N–H and O–H groups in total. The van der Waals surface area contributed by atoms with E-state index in [2.05, 4.69) is 26.5 Å². The molecule has 0 fully saturated rings. The molecule has 5 nitrogen and oxygen atoms in total. The van der Waals surface area contributed by atoms with Gasteiger partial charge in [0.25, 0.3) is 5.91 Å². The maximum Gasteiger partial charge on any atom is 0.275 e. The summed E-state index contributed by atoms with van der Waals surface area (Å²) < 4.78 is 12.1. The first-order valence-corrected chi connectivity index (χ1v) is 9.39. The number of methoxy groups -OCH3 is 1. The molecule has 0 bridgehead atoms. The Labute approximate surface area is 172 Å². The zero-order valence-electron chi connectivity index (χ0n) is 15.3.